The molecule has 0 atom stereocenters. The molecule has 2 aromatic carbocycles. The SMILES string of the molecule is Cn1c(=O)cc(Nc2ccc(S(C)(=O)=O)cc2)c2c(=O)n(C3CC3)c(=O)n(-c3ccccc3)c21. The van der Waals surface area contributed by atoms with Gasteiger partial charge in [0.15, 0.2) is 9.84 Å². The summed E-state index contributed by atoms with van der Waals surface area (Å²) in [5.74, 6) is 0. The Balaban J connectivity index is 1.82. The van der Waals surface area contributed by atoms with Crippen molar-refractivity contribution in [1.29, 1.82) is 0 Å². The molecule has 0 saturated heterocycles. The van der Waals surface area contributed by atoms with Gasteiger partial charge < -0.3 is 5.32 Å². The number of pyridine rings is 1. The predicted molar refractivity (Wildman–Crippen MR) is 130 cm³/mol. The highest BCUT2D eigenvalue weighted by Crippen LogP contribution is 2.33. The second-order valence-corrected chi connectivity index (χ2v) is 10.5. The molecule has 0 spiro atoms. The van der Waals surface area contributed by atoms with Crippen LogP contribution in [0.2, 0.25) is 0 Å². The topological polar surface area (TPSA) is 112 Å². The average Bonchev–Trinajstić information content (AvgIpc) is 3.62. The first-order valence-electron chi connectivity index (χ1n) is 10.7. The Morgan fingerprint density at radius 1 is 0.941 bits per heavy atom. The minimum atomic E-state index is -3.37. The van der Waals surface area contributed by atoms with Crippen molar-refractivity contribution in [2.75, 3.05) is 11.6 Å². The van der Waals surface area contributed by atoms with E-state index < -0.39 is 26.6 Å². The van der Waals surface area contributed by atoms with Gasteiger partial charge in [0, 0.05) is 31.1 Å². The van der Waals surface area contributed by atoms with E-state index in [0.717, 1.165) is 19.1 Å². The maximum atomic E-state index is 13.6. The molecule has 1 N–H and O–H groups in total. The molecule has 2 aromatic heterocycles. The number of aryl methyl sites for hydroxylation is 1. The molecule has 34 heavy (non-hydrogen) atoms. The van der Waals surface area contributed by atoms with Crippen LogP contribution < -0.4 is 22.1 Å². The standard InChI is InChI=1S/C24H22N4O5S/c1-26-20(29)14-19(25-15-8-12-18(13-9-15)34(2,32)33)21-22(26)27(16-6-4-3-5-7-16)24(31)28(23(21)30)17-10-11-17/h3-9,12-14,17,25H,10-11H2,1-2H3. The van der Waals surface area contributed by atoms with Crippen LogP contribution in [0.4, 0.5) is 11.4 Å². The van der Waals surface area contributed by atoms with Gasteiger partial charge >= 0.3 is 5.69 Å². The lowest BCUT2D eigenvalue weighted by molar-refractivity contribution is 0.602. The van der Waals surface area contributed by atoms with Crippen molar-refractivity contribution >= 4 is 32.2 Å². The fourth-order valence-electron chi connectivity index (χ4n) is 4.07. The minimum absolute atomic E-state index is 0.154. The highest BCUT2D eigenvalue weighted by atomic mass is 32.2. The molecule has 0 radical (unpaired) electrons. The zero-order valence-electron chi connectivity index (χ0n) is 18.6. The van der Waals surface area contributed by atoms with Crippen LogP contribution >= 0.6 is 0 Å². The number of nitrogens with zero attached hydrogens (tertiary/aromatic N) is 3. The number of rotatable bonds is 5. The van der Waals surface area contributed by atoms with E-state index in [1.807, 2.05) is 6.07 Å². The van der Waals surface area contributed by atoms with E-state index >= 15 is 0 Å². The second kappa shape index (κ2) is 7.84. The van der Waals surface area contributed by atoms with Crippen LogP contribution in [-0.2, 0) is 16.9 Å². The lowest BCUT2D eigenvalue weighted by Gasteiger charge is -2.18. The summed E-state index contributed by atoms with van der Waals surface area (Å²) in [5, 5.41) is 3.28. The fourth-order valence-corrected chi connectivity index (χ4v) is 4.70. The van der Waals surface area contributed by atoms with Gasteiger partial charge in [-0.05, 0) is 49.2 Å². The number of anilines is 2. The number of benzene rings is 2. The molecule has 1 aliphatic rings. The van der Waals surface area contributed by atoms with Gasteiger partial charge in [-0.1, -0.05) is 18.2 Å². The Labute approximate surface area is 194 Å². The Bertz CT molecular complexity index is 1710. The molecule has 2 heterocycles. The molecule has 1 fully saturated rings. The third-order valence-electron chi connectivity index (χ3n) is 5.94. The zero-order chi connectivity index (χ0) is 24.2. The highest BCUT2D eigenvalue weighted by Gasteiger charge is 2.30. The Hall–Kier alpha value is -3.92. The molecule has 1 aliphatic carbocycles. The number of sulfone groups is 1. The number of para-hydroxylation sites is 1. The predicted octanol–water partition coefficient (Wildman–Crippen LogP) is 2.33. The van der Waals surface area contributed by atoms with Crippen molar-refractivity contribution in [2.45, 2.75) is 23.8 Å². The molecule has 0 bridgehead atoms. The van der Waals surface area contributed by atoms with E-state index in [1.54, 1.807) is 36.4 Å². The molecule has 9 nitrogen and oxygen atoms in total. The van der Waals surface area contributed by atoms with Gasteiger partial charge in [-0.3, -0.25) is 18.7 Å². The van der Waals surface area contributed by atoms with E-state index in [9.17, 15) is 22.8 Å². The van der Waals surface area contributed by atoms with Gasteiger partial charge in [0.25, 0.3) is 11.1 Å². The first-order valence-corrected chi connectivity index (χ1v) is 12.6. The molecule has 0 aliphatic heterocycles. The smallest absolute Gasteiger partial charge is 0.337 e. The van der Waals surface area contributed by atoms with E-state index in [4.69, 9.17) is 0 Å². The number of hydrogen-bond donors (Lipinski definition) is 1. The molecule has 0 unspecified atom stereocenters. The summed E-state index contributed by atoms with van der Waals surface area (Å²) in [6, 6.07) is 16.0. The van der Waals surface area contributed by atoms with Gasteiger partial charge in [-0.2, -0.15) is 0 Å². The van der Waals surface area contributed by atoms with Crippen LogP contribution in [0.1, 0.15) is 18.9 Å². The van der Waals surface area contributed by atoms with Crippen molar-refractivity contribution in [3.05, 3.63) is 91.9 Å². The van der Waals surface area contributed by atoms with Crippen LogP contribution in [0.3, 0.4) is 0 Å². The summed E-state index contributed by atoms with van der Waals surface area (Å²) in [7, 11) is -1.84. The van der Waals surface area contributed by atoms with Gasteiger partial charge in [-0.25, -0.2) is 17.8 Å². The third kappa shape index (κ3) is 3.65. The molecule has 10 heteroatoms. The van der Waals surface area contributed by atoms with Gasteiger partial charge in [-0.15, -0.1) is 0 Å². The molecule has 5 rings (SSSR count). The van der Waals surface area contributed by atoms with Gasteiger partial charge in [0.2, 0.25) is 0 Å². The largest absolute Gasteiger partial charge is 0.355 e. The normalized spacial score (nSPS) is 13.8. The maximum Gasteiger partial charge on any atom is 0.337 e. The Morgan fingerprint density at radius 2 is 1.59 bits per heavy atom. The second-order valence-electron chi connectivity index (χ2n) is 8.44. The summed E-state index contributed by atoms with van der Waals surface area (Å²) in [5.41, 5.74) is 0.0929. The van der Waals surface area contributed by atoms with Gasteiger partial charge in [0.1, 0.15) is 11.0 Å². The molecule has 4 aromatic rings. The van der Waals surface area contributed by atoms with Gasteiger partial charge in [0.05, 0.1) is 16.3 Å². The summed E-state index contributed by atoms with van der Waals surface area (Å²) in [6.07, 6.45) is 2.58. The third-order valence-corrected chi connectivity index (χ3v) is 7.07. The lowest BCUT2D eigenvalue weighted by atomic mass is 10.2. The van der Waals surface area contributed by atoms with Crippen LogP contribution in [0, 0.1) is 0 Å². The van der Waals surface area contributed by atoms with Crippen LogP contribution in [0.25, 0.3) is 16.7 Å². The first kappa shape index (κ1) is 21.9. The van der Waals surface area contributed by atoms with Crippen LogP contribution in [-0.4, -0.2) is 28.4 Å². The van der Waals surface area contributed by atoms with Crippen molar-refractivity contribution in [3.8, 4) is 5.69 Å². The van der Waals surface area contributed by atoms with Crippen LogP contribution in [0.15, 0.2) is 79.9 Å². The zero-order valence-corrected chi connectivity index (χ0v) is 19.4. The quantitative estimate of drug-likeness (QED) is 0.471. The number of aromatic nitrogens is 3. The summed E-state index contributed by atoms with van der Waals surface area (Å²) in [6.45, 7) is 0. The Morgan fingerprint density at radius 3 is 2.18 bits per heavy atom. The molecular weight excluding hydrogens is 456 g/mol. The fraction of sp³-hybridized carbons (Fsp3) is 0.208. The van der Waals surface area contributed by atoms with Crippen molar-refractivity contribution in [1.82, 2.24) is 13.7 Å². The number of hydrogen-bond acceptors (Lipinski definition) is 6. The summed E-state index contributed by atoms with van der Waals surface area (Å²) < 4.78 is 27.5. The first-order chi connectivity index (χ1) is 16.2. The Kier molecular flexibility index (Phi) is 5.05. The summed E-state index contributed by atoms with van der Waals surface area (Å²) in [4.78, 5) is 40.1. The monoisotopic (exact) mass is 478 g/mol. The van der Waals surface area contributed by atoms with Crippen molar-refractivity contribution in [2.24, 2.45) is 7.05 Å². The van der Waals surface area contributed by atoms with Crippen molar-refractivity contribution < 1.29 is 8.42 Å². The van der Waals surface area contributed by atoms with Crippen LogP contribution in [0.5, 0.6) is 0 Å². The minimum Gasteiger partial charge on any atom is -0.355 e. The number of fused-ring (bicyclic) bond motifs is 1. The van der Waals surface area contributed by atoms with E-state index in [2.05, 4.69) is 5.32 Å². The van der Waals surface area contributed by atoms with Crippen molar-refractivity contribution in [3.63, 3.8) is 0 Å². The highest BCUT2D eigenvalue weighted by molar-refractivity contribution is 7.90. The van der Waals surface area contributed by atoms with E-state index in [1.165, 1.54) is 38.9 Å². The molecule has 1 saturated carbocycles. The molecular formula is C24H22N4O5S. The molecule has 174 valence electrons. The van der Waals surface area contributed by atoms with E-state index in [0.29, 0.717) is 11.4 Å². The molecule has 0 amide bonds. The van der Waals surface area contributed by atoms with E-state index in [-0.39, 0.29) is 27.7 Å². The lowest BCUT2D eigenvalue weighted by Crippen LogP contribution is -2.41. The number of nitrogens with one attached hydrogen (secondary N) is 1. The average molecular weight is 479 g/mol. The summed E-state index contributed by atoms with van der Waals surface area (Å²) >= 11 is 0. The maximum absolute atomic E-state index is 13.6.